The zero-order valence-corrected chi connectivity index (χ0v) is 32.8. The summed E-state index contributed by atoms with van der Waals surface area (Å²) in [6, 6.07) is 4.05. The maximum absolute atomic E-state index is 15.1. The first-order chi connectivity index (χ1) is 25.6. The van der Waals surface area contributed by atoms with Crippen LogP contribution in [0.3, 0.4) is 0 Å². The number of hydrogen-bond donors (Lipinski definition) is 4. The van der Waals surface area contributed by atoms with Crippen LogP contribution in [-0.4, -0.2) is 124 Å². The standard InChI is InChI=1S/C41H50N2O12/c1-16-11-21-29(36-27(16)23(44)14-26(53-36)40(5)37(55-40)35-18(3)52-35)34(48)30-28(33(21)47)19(24-13-22(42(7)8)31(45)17(2)51-24)12-20(32(30)46)25-15-39(4,43(9)10)38(49)41(6,50)54-25/h11-12,14,17-18,22,24-25,31,35,37-38,45-46,49-50H,13,15H2,1-10H3/t17-,18+,22+,24-,25-,31-,35-,37-,38+,39-,40-,41-/m1/s1. The summed E-state index contributed by atoms with van der Waals surface area (Å²) in [6.07, 6.45) is -5.02. The maximum atomic E-state index is 15.1. The minimum Gasteiger partial charge on any atom is -0.507 e. The van der Waals surface area contributed by atoms with E-state index in [-0.39, 0.29) is 81.7 Å². The van der Waals surface area contributed by atoms with Gasteiger partial charge in [-0.3, -0.25) is 14.4 Å². The third-order valence-corrected chi connectivity index (χ3v) is 13.1. The summed E-state index contributed by atoms with van der Waals surface area (Å²) in [5, 5.41) is 46.1. The normalized spacial score (nSPS) is 38.4. The van der Waals surface area contributed by atoms with E-state index in [1.807, 2.05) is 25.9 Å². The van der Waals surface area contributed by atoms with Crippen LogP contribution in [0.5, 0.6) is 5.75 Å². The molecule has 14 heteroatoms. The Morgan fingerprint density at radius 3 is 2.13 bits per heavy atom. The molecule has 4 aliphatic heterocycles. The van der Waals surface area contributed by atoms with E-state index >= 15 is 4.79 Å². The number of epoxide rings is 2. The first kappa shape index (κ1) is 38.3. The van der Waals surface area contributed by atoms with Crippen molar-refractivity contribution in [3.8, 4) is 5.75 Å². The van der Waals surface area contributed by atoms with Gasteiger partial charge in [0.15, 0.2) is 22.6 Å². The highest BCUT2D eigenvalue weighted by Gasteiger charge is 2.66. The topological polar surface area (TPSA) is 195 Å². The van der Waals surface area contributed by atoms with Crippen LogP contribution in [0, 0.1) is 6.92 Å². The first-order valence-corrected chi connectivity index (χ1v) is 18.8. The highest BCUT2D eigenvalue weighted by atomic mass is 16.7. The molecule has 12 atom stereocenters. The average molecular weight is 763 g/mol. The molecule has 55 heavy (non-hydrogen) atoms. The Bertz CT molecular complexity index is 2210. The Hall–Kier alpha value is -3.57. The highest BCUT2D eigenvalue weighted by molar-refractivity contribution is 6.33. The van der Waals surface area contributed by atoms with Crippen molar-refractivity contribution in [2.24, 2.45) is 0 Å². The number of aliphatic hydroxyl groups excluding tert-OH is 2. The summed E-state index contributed by atoms with van der Waals surface area (Å²) in [5.74, 6) is -3.77. The molecule has 0 radical (unpaired) electrons. The van der Waals surface area contributed by atoms with Crippen molar-refractivity contribution >= 4 is 22.5 Å². The molecule has 0 spiro atoms. The Labute approximate surface area is 318 Å². The summed E-state index contributed by atoms with van der Waals surface area (Å²) >= 11 is 0. The summed E-state index contributed by atoms with van der Waals surface area (Å²) in [5.41, 5.74) is -2.30. The number of benzene rings is 2. The lowest BCUT2D eigenvalue weighted by atomic mass is 9.74. The number of aryl methyl sites for hydroxylation is 1. The number of carbonyl (C=O) groups excluding carboxylic acids is 2. The van der Waals surface area contributed by atoms with Crippen LogP contribution in [0.25, 0.3) is 11.0 Å². The summed E-state index contributed by atoms with van der Waals surface area (Å²) in [7, 11) is 7.18. The van der Waals surface area contributed by atoms with Crippen molar-refractivity contribution in [1.29, 1.82) is 0 Å². The van der Waals surface area contributed by atoms with E-state index in [0.717, 1.165) is 0 Å². The fourth-order valence-corrected chi connectivity index (χ4v) is 9.29. The Kier molecular flexibility index (Phi) is 8.68. The Balaban J connectivity index is 1.35. The SMILES string of the molecule is Cc1cc2c(c3oc([C@@]4(C)O[C@@H]4[C@@H]4O[C@H]4C)cc(=O)c13)C(=O)c1c(O)c([C@H]3C[C@@](C)(N(C)C)[C@H](O)[C@](C)(O)O3)cc([C@H]3C[C@H](N(C)C)[C@H](O)[C@@H](C)O3)c1C2=O. The van der Waals surface area contributed by atoms with Gasteiger partial charge < -0.3 is 53.6 Å². The van der Waals surface area contributed by atoms with Gasteiger partial charge in [-0.25, -0.2) is 0 Å². The van der Waals surface area contributed by atoms with Crippen molar-refractivity contribution in [1.82, 2.24) is 9.80 Å². The van der Waals surface area contributed by atoms with E-state index in [9.17, 15) is 30.0 Å². The molecule has 8 rings (SSSR count). The van der Waals surface area contributed by atoms with Crippen molar-refractivity contribution in [2.45, 2.75) is 126 Å². The van der Waals surface area contributed by atoms with E-state index in [1.54, 1.807) is 52.8 Å². The van der Waals surface area contributed by atoms with Crippen molar-refractivity contribution in [3.05, 3.63) is 73.1 Å². The molecule has 1 aliphatic carbocycles. The molecule has 3 aromatic rings. The number of hydrogen-bond acceptors (Lipinski definition) is 14. The maximum Gasteiger partial charge on any atom is 0.202 e. The monoisotopic (exact) mass is 762 g/mol. The number of ether oxygens (including phenoxy) is 4. The molecule has 0 unspecified atom stereocenters. The minimum absolute atomic E-state index is 0.00183. The van der Waals surface area contributed by atoms with Crippen molar-refractivity contribution < 1.29 is 53.4 Å². The molecule has 4 fully saturated rings. The van der Waals surface area contributed by atoms with Gasteiger partial charge in [-0.2, -0.15) is 0 Å². The molecule has 5 aliphatic rings. The Morgan fingerprint density at radius 2 is 1.51 bits per heavy atom. The number of likely N-dealkylation sites (N-methyl/N-ethyl adjacent to an activating group) is 2. The minimum atomic E-state index is -2.08. The molecule has 4 saturated heterocycles. The molecule has 296 valence electrons. The number of phenols is 1. The van der Waals surface area contributed by atoms with Crippen LogP contribution in [-0.2, 0) is 24.5 Å². The molecule has 5 heterocycles. The lowest BCUT2D eigenvalue weighted by Crippen LogP contribution is -2.65. The van der Waals surface area contributed by atoms with Gasteiger partial charge in [0, 0.05) is 28.8 Å². The van der Waals surface area contributed by atoms with Gasteiger partial charge in [0.25, 0.3) is 0 Å². The molecular weight excluding hydrogens is 712 g/mol. The average Bonchev–Trinajstić information content (AvgIpc) is 4.01. The molecule has 14 nitrogen and oxygen atoms in total. The molecule has 1 aromatic heterocycles. The number of aromatic hydroxyl groups is 1. The summed E-state index contributed by atoms with van der Waals surface area (Å²) < 4.78 is 30.6. The first-order valence-electron chi connectivity index (χ1n) is 18.8. The van der Waals surface area contributed by atoms with Gasteiger partial charge >= 0.3 is 0 Å². The third-order valence-electron chi connectivity index (χ3n) is 13.1. The van der Waals surface area contributed by atoms with Crippen LogP contribution in [0.2, 0.25) is 0 Å². The van der Waals surface area contributed by atoms with E-state index < -0.39 is 70.2 Å². The van der Waals surface area contributed by atoms with Crippen LogP contribution in [0.1, 0.15) is 114 Å². The molecule has 0 bridgehead atoms. The molecule has 4 N–H and O–H groups in total. The number of carbonyl (C=O) groups is 2. The number of nitrogens with zero attached hydrogens (tertiary/aromatic N) is 2. The van der Waals surface area contributed by atoms with Crippen molar-refractivity contribution in [2.75, 3.05) is 28.2 Å². The number of rotatable bonds is 6. The smallest absolute Gasteiger partial charge is 0.202 e. The summed E-state index contributed by atoms with van der Waals surface area (Å²) in [4.78, 5) is 47.5. The van der Waals surface area contributed by atoms with Crippen molar-refractivity contribution in [3.63, 3.8) is 0 Å². The second kappa shape index (κ2) is 12.5. The van der Waals surface area contributed by atoms with Crippen LogP contribution < -0.4 is 5.43 Å². The summed E-state index contributed by atoms with van der Waals surface area (Å²) in [6.45, 7) is 10.2. The predicted octanol–water partition coefficient (Wildman–Crippen LogP) is 2.98. The fourth-order valence-electron chi connectivity index (χ4n) is 9.29. The zero-order valence-electron chi connectivity index (χ0n) is 32.8. The van der Waals surface area contributed by atoms with Crippen LogP contribution in [0.15, 0.2) is 27.4 Å². The van der Waals surface area contributed by atoms with Crippen LogP contribution in [0.4, 0.5) is 0 Å². The molecule has 0 saturated carbocycles. The van der Waals surface area contributed by atoms with Gasteiger partial charge in [-0.15, -0.1) is 0 Å². The molecular formula is C41H50N2O12. The highest BCUT2D eigenvalue weighted by Crippen LogP contribution is 2.54. The number of fused-ring (bicyclic) bond motifs is 4. The lowest BCUT2D eigenvalue weighted by molar-refractivity contribution is -0.322. The quantitative estimate of drug-likeness (QED) is 0.209. The largest absolute Gasteiger partial charge is 0.507 e. The number of aliphatic hydroxyl groups is 3. The molecule has 2 aromatic carbocycles. The number of ketones is 2. The van der Waals surface area contributed by atoms with E-state index in [1.165, 1.54) is 19.1 Å². The van der Waals surface area contributed by atoms with Gasteiger partial charge in [0.1, 0.15) is 35.4 Å². The van der Waals surface area contributed by atoms with Gasteiger partial charge in [0.2, 0.25) is 5.78 Å². The third kappa shape index (κ3) is 5.59. The van der Waals surface area contributed by atoms with E-state index in [4.69, 9.17) is 23.4 Å². The van der Waals surface area contributed by atoms with Gasteiger partial charge in [-0.05, 0) is 106 Å². The zero-order chi connectivity index (χ0) is 40.0. The van der Waals surface area contributed by atoms with Gasteiger partial charge in [0.05, 0.1) is 52.6 Å². The number of phenolic OH excluding ortho intramolecular Hbond substituents is 1. The lowest BCUT2D eigenvalue weighted by Gasteiger charge is -2.52. The second-order valence-electron chi connectivity index (χ2n) is 17.2. The molecule has 0 amide bonds. The van der Waals surface area contributed by atoms with Crippen LogP contribution >= 0.6 is 0 Å². The fraction of sp³-hybridized carbons (Fsp3) is 0.585. The second-order valence-corrected chi connectivity index (χ2v) is 17.2. The van der Waals surface area contributed by atoms with Gasteiger partial charge in [-0.1, -0.05) is 0 Å². The van der Waals surface area contributed by atoms with E-state index in [2.05, 4.69) is 0 Å². The van der Waals surface area contributed by atoms with E-state index in [0.29, 0.717) is 11.1 Å². The predicted molar refractivity (Wildman–Crippen MR) is 197 cm³/mol. The Morgan fingerprint density at radius 1 is 0.836 bits per heavy atom.